The summed E-state index contributed by atoms with van der Waals surface area (Å²) >= 11 is 0. The maximum Gasteiger partial charge on any atom is 0.222 e. The smallest absolute Gasteiger partial charge is 0.222 e. The molecular formula is C10H17N3O3S. The molecule has 1 aromatic rings. The Morgan fingerprint density at radius 2 is 2.00 bits per heavy atom. The number of sulfone groups is 1. The molecule has 0 aromatic carbocycles. The molecule has 1 aliphatic heterocycles. The first kappa shape index (κ1) is 12.5. The van der Waals surface area contributed by atoms with Crippen LogP contribution < -0.4 is 5.73 Å². The third-order valence-electron chi connectivity index (χ3n) is 3.27. The van der Waals surface area contributed by atoms with Crippen LogP contribution in [0.3, 0.4) is 0 Å². The quantitative estimate of drug-likeness (QED) is 0.822. The minimum absolute atomic E-state index is 0.193. The molecule has 7 heteroatoms. The van der Waals surface area contributed by atoms with Crippen molar-refractivity contribution in [3.63, 3.8) is 0 Å². The molecule has 2 N–H and O–H groups in total. The van der Waals surface area contributed by atoms with E-state index in [1.165, 1.54) is 0 Å². The van der Waals surface area contributed by atoms with E-state index >= 15 is 0 Å². The molecule has 0 saturated carbocycles. The topological polar surface area (TPSA) is 99.1 Å². The fourth-order valence-electron chi connectivity index (χ4n) is 1.92. The van der Waals surface area contributed by atoms with Crippen LogP contribution >= 0.6 is 0 Å². The normalized spacial score (nSPS) is 22.5. The van der Waals surface area contributed by atoms with E-state index in [0.717, 1.165) is 0 Å². The zero-order valence-electron chi connectivity index (χ0n) is 9.85. The summed E-state index contributed by atoms with van der Waals surface area (Å²) in [4.78, 5) is 0. The average molecular weight is 259 g/mol. The molecule has 0 bridgehead atoms. The predicted octanol–water partition coefficient (Wildman–Crippen LogP) is 0.0371. The molecular weight excluding hydrogens is 242 g/mol. The Balaban J connectivity index is 2.15. The Labute approximate surface area is 101 Å². The van der Waals surface area contributed by atoms with E-state index in [4.69, 9.17) is 10.2 Å². The zero-order valence-corrected chi connectivity index (χ0v) is 10.7. The van der Waals surface area contributed by atoms with E-state index in [1.54, 1.807) is 0 Å². The summed E-state index contributed by atoms with van der Waals surface area (Å²) in [5, 5.41) is 7.93. The van der Waals surface area contributed by atoms with Crippen molar-refractivity contribution in [2.24, 2.45) is 5.73 Å². The van der Waals surface area contributed by atoms with Gasteiger partial charge < -0.3 is 10.2 Å². The SMILES string of the molecule is CC1(c2nnc(CCN)o2)CCS(=O)(=O)CC1. The van der Waals surface area contributed by atoms with Gasteiger partial charge in [0, 0.05) is 18.4 Å². The molecule has 0 spiro atoms. The Morgan fingerprint density at radius 3 is 2.59 bits per heavy atom. The maximum absolute atomic E-state index is 11.4. The van der Waals surface area contributed by atoms with Crippen molar-refractivity contribution in [3.8, 4) is 0 Å². The second-order valence-corrected chi connectivity index (χ2v) is 7.06. The number of hydrogen-bond donors (Lipinski definition) is 1. The van der Waals surface area contributed by atoms with Gasteiger partial charge in [0.2, 0.25) is 11.8 Å². The van der Waals surface area contributed by atoms with E-state index in [1.807, 2.05) is 6.92 Å². The number of aromatic nitrogens is 2. The Kier molecular flexibility index (Phi) is 3.22. The molecule has 1 aliphatic rings. The highest BCUT2D eigenvalue weighted by Crippen LogP contribution is 2.34. The lowest BCUT2D eigenvalue weighted by molar-refractivity contribution is 0.308. The van der Waals surface area contributed by atoms with Crippen LogP contribution in [0.15, 0.2) is 4.42 Å². The van der Waals surface area contributed by atoms with Crippen LogP contribution in [-0.4, -0.2) is 36.7 Å². The summed E-state index contributed by atoms with van der Waals surface area (Å²) in [7, 11) is -2.88. The molecule has 0 amide bonds. The Bertz CT molecular complexity index is 481. The molecule has 1 fully saturated rings. The van der Waals surface area contributed by atoms with E-state index < -0.39 is 9.84 Å². The van der Waals surface area contributed by atoms with Gasteiger partial charge in [-0.15, -0.1) is 10.2 Å². The first-order chi connectivity index (χ1) is 7.95. The average Bonchev–Trinajstić information content (AvgIpc) is 2.73. The monoisotopic (exact) mass is 259 g/mol. The fourth-order valence-corrected chi connectivity index (χ4v) is 3.65. The summed E-state index contributed by atoms with van der Waals surface area (Å²) in [5.74, 6) is 1.45. The van der Waals surface area contributed by atoms with E-state index in [-0.39, 0.29) is 16.9 Å². The maximum atomic E-state index is 11.4. The molecule has 96 valence electrons. The van der Waals surface area contributed by atoms with E-state index in [0.29, 0.717) is 37.6 Å². The van der Waals surface area contributed by atoms with Gasteiger partial charge in [-0.2, -0.15) is 0 Å². The standard InChI is InChI=1S/C10H17N3O3S/c1-10(3-6-17(14,15)7-4-10)9-13-12-8(16-9)2-5-11/h2-7,11H2,1H3. The van der Waals surface area contributed by atoms with Crippen molar-refractivity contribution in [2.45, 2.75) is 31.6 Å². The van der Waals surface area contributed by atoms with Gasteiger partial charge in [0.15, 0.2) is 0 Å². The van der Waals surface area contributed by atoms with Gasteiger partial charge >= 0.3 is 0 Å². The lowest BCUT2D eigenvalue weighted by Crippen LogP contribution is -2.34. The molecule has 1 saturated heterocycles. The summed E-state index contributed by atoms with van der Waals surface area (Å²) < 4.78 is 28.3. The van der Waals surface area contributed by atoms with Crippen molar-refractivity contribution in [1.29, 1.82) is 0 Å². The van der Waals surface area contributed by atoms with Gasteiger partial charge in [0.25, 0.3) is 0 Å². The van der Waals surface area contributed by atoms with E-state index in [9.17, 15) is 8.42 Å². The van der Waals surface area contributed by atoms with Gasteiger partial charge in [-0.1, -0.05) is 6.92 Å². The summed E-state index contributed by atoms with van der Waals surface area (Å²) in [6.45, 7) is 2.44. The summed E-state index contributed by atoms with van der Waals surface area (Å²) in [6.07, 6.45) is 1.64. The zero-order chi connectivity index (χ0) is 12.5. The van der Waals surface area contributed by atoms with E-state index in [2.05, 4.69) is 10.2 Å². The second-order valence-electron chi connectivity index (χ2n) is 4.75. The Morgan fingerprint density at radius 1 is 1.35 bits per heavy atom. The predicted molar refractivity (Wildman–Crippen MR) is 62.3 cm³/mol. The van der Waals surface area contributed by atoms with Crippen LogP contribution in [0.2, 0.25) is 0 Å². The minimum Gasteiger partial charge on any atom is -0.425 e. The van der Waals surface area contributed by atoms with Crippen LogP contribution in [0.1, 0.15) is 31.5 Å². The van der Waals surface area contributed by atoms with Gasteiger partial charge in [-0.05, 0) is 12.8 Å². The van der Waals surface area contributed by atoms with Gasteiger partial charge in [0.1, 0.15) is 9.84 Å². The third-order valence-corrected chi connectivity index (χ3v) is 4.92. The van der Waals surface area contributed by atoms with Gasteiger partial charge in [-0.3, -0.25) is 0 Å². The Hall–Kier alpha value is -0.950. The number of nitrogens with zero attached hydrogens (tertiary/aromatic N) is 2. The highest BCUT2D eigenvalue weighted by atomic mass is 32.2. The van der Waals surface area contributed by atoms with Crippen molar-refractivity contribution >= 4 is 9.84 Å². The lowest BCUT2D eigenvalue weighted by Gasteiger charge is -2.29. The second kappa shape index (κ2) is 4.38. The number of nitrogens with two attached hydrogens (primary N) is 1. The van der Waals surface area contributed by atoms with Crippen LogP contribution in [-0.2, 0) is 21.7 Å². The van der Waals surface area contributed by atoms with Crippen molar-refractivity contribution < 1.29 is 12.8 Å². The minimum atomic E-state index is -2.88. The molecule has 0 radical (unpaired) electrons. The number of rotatable bonds is 3. The highest BCUT2D eigenvalue weighted by Gasteiger charge is 2.38. The molecule has 2 rings (SSSR count). The van der Waals surface area contributed by atoms with Crippen LogP contribution in [0, 0.1) is 0 Å². The summed E-state index contributed by atoms with van der Waals surface area (Å²) in [5.41, 5.74) is 5.10. The van der Waals surface area contributed by atoms with Gasteiger partial charge in [-0.25, -0.2) is 8.42 Å². The van der Waals surface area contributed by atoms with Gasteiger partial charge in [0.05, 0.1) is 11.5 Å². The fraction of sp³-hybridized carbons (Fsp3) is 0.800. The molecule has 0 unspecified atom stereocenters. The van der Waals surface area contributed by atoms with Crippen molar-refractivity contribution in [2.75, 3.05) is 18.1 Å². The molecule has 0 aliphatic carbocycles. The molecule has 17 heavy (non-hydrogen) atoms. The molecule has 2 heterocycles. The molecule has 1 aromatic heterocycles. The number of hydrogen-bond acceptors (Lipinski definition) is 6. The van der Waals surface area contributed by atoms with Crippen molar-refractivity contribution in [1.82, 2.24) is 10.2 Å². The van der Waals surface area contributed by atoms with Crippen LogP contribution in [0.5, 0.6) is 0 Å². The lowest BCUT2D eigenvalue weighted by atomic mass is 9.84. The third kappa shape index (κ3) is 2.66. The molecule has 6 nitrogen and oxygen atoms in total. The first-order valence-corrected chi connectivity index (χ1v) is 7.51. The largest absolute Gasteiger partial charge is 0.425 e. The summed E-state index contributed by atoms with van der Waals surface area (Å²) in [6, 6.07) is 0. The van der Waals surface area contributed by atoms with Crippen molar-refractivity contribution in [3.05, 3.63) is 11.8 Å². The molecule has 0 atom stereocenters. The first-order valence-electron chi connectivity index (χ1n) is 5.69. The van der Waals surface area contributed by atoms with Crippen LogP contribution in [0.4, 0.5) is 0 Å². The van der Waals surface area contributed by atoms with Crippen LogP contribution in [0.25, 0.3) is 0 Å². The highest BCUT2D eigenvalue weighted by molar-refractivity contribution is 7.91.